The van der Waals surface area contributed by atoms with E-state index in [2.05, 4.69) is 5.32 Å². The van der Waals surface area contributed by atoms with Crippen LogP contribution in [0.25, 0.3) is 0 Å². The summed E-state index contributed by atoms with van der Waals surface area (Å²) in [5.41, 5.74) is 0.462. The van der Waals surface area contributed by atoms with Gasteiger partial charge in [-0.1, -0.05) is 23.2 Å². The Balaban J connectivity index is 2.11. The zero-order chi connectivity index (χ0) is 13.3. The van der Waals surface area contributed by atoms with Crippen LogP contribution in [0.2, 0.25) is 10.0 Å². The van der Waals surface area contributed by atoms with Crippen molar-refractivity contribution in [3.8, 4) is 0 Å². The van der Waals surface area contributed by atoms with Crippen molar-refractivity contribution >= 4 is 38.7 Å². The fourth-order valence-corrected chi connectivity index (χ4v) is 3.98. The van der Waals surface area contributed by atoms with E-state index in [0.717, 1.165) is 0 Å². The van der Waals surface area contributed by atoms with E-state index in [1.165, 1.54) is 12.1 Å². The molecule has 1 aliphatic heterocycles. The molecule has 1 fully saturated rings. The Bertz CT molecular complexity index is 525. The predicted molar refractivity (Wildman–Crippen MR) is 71.7 cm³/mol. The molecule has 18 heavy (non-hydrogen) atoms. The van der Waals surface area contributed by atoms with E-state index in [1.54, 1.807) is 0 Å². The molecule has 0 unspecified atom stereocenters. The smallest absolute Gasteiger partial charge is 0.150 e. The highest BCUT2D eigenvalue weighted by molar-refractivity contribution is 7.91. The third kappa shape index (κ3) is 3.28. The van der Waals surface area contributed by atoms with Crippen molar-refractivity contribution < 1.29 is 12.8 Å². The molecule has 0 spiro atoms. The highest BCUT2D eigenvalue weighted by Crippen LogP contribution is 2.33. The Morgan fingerprint density at radius 3 is 2.17 bits per heavy atom. The molecule has 3 nitrogen and oxygen atoms in total. The minimum absolute atomic E-state index is 0.00557. The van der Waals surface area contributed by atoms with Crippen LogP contribution in [0.3, 0.4) is 0 Å². The molecule has 7 heteroatoms. The molecule has 1 aromatic carbocycles. The third-order valence-corrected chi connectivity index (χ3v) is 5.22. The minimum Gasteiger partial charge on any atom is -0.380 e. The van der Waals surface area contributed by atoms with Gasteiger partial charge in [0.05, 0.1) is 27.2 Å². The molecule has 1 aliphatic rings. The normalized spacial score (nSPS) is 19.7. The lowest BCUT2D eigenvalue weighted by molar-refractivity contribution is 0.559. The summed E-state index contributed by atoms with van der Waals surface area (Å²) in [4.78, 5) is 0. The lowest BCUT2D eigenvalue weighted by atomic mass is 10.1. The molecular formula is C11H12Cl2FNO2S. The average molecular weight is 312 g/mol. The molecule has 1 heterocycles. The molecule has 0 amide bonds. The van der Waals surface area contributed by atoms with E-state index in [-0.39, 0.29) is 27.6 Å². The number of sulfone groups is 1. The summed E-state index contributed by atoms with van der Waals surface area (Å²) in [6, 6.07) is 2.35. The lowest BCUT2D eigenvalue weighted by Crippen LogP contribution is -2.32. The maximum absolute atomic E-state index is 13.0. The van der Waals surface area contributed by atoms with Crippen LogP contribution in [-0.4, -0.2) is 26.0 Å². The van der Waals surface area contributed by atoms with Crippen molar-refractivity contribution in [3.05, 3.63) is 28.0 Å². The predicted octanol–water partition coefficient (Wildman–Crippen LogP) is 3.12. The number of halogens is 3. The Morgan fingerprint density at radius 2 is 1.67 bits per heavy atom. The maximum atomic E-state index is 13.0. The number of benzene rings is 1. The van der Waals surface area contributed by atoms with Gasteiger partial charge in [-0.05, 0) is 25.0 Å². The number of hydrogen-bond acceptors (Lipinski definition) is 3. The van der Waals surface area contributed by atoms with Gasteiger partial charge in [-0.25, -0.2) is 12.8 Å². The molecule has 1 N–H and O–H groups in total. The van der Waals surface area contributed by atoms with E-state index in [4.69, 9.17) is 23.2 Å². The van der Waals surface area contributed by atoms with Gasteiger partial charge >= 0.3 is 0 Å². The van der Waals surface area contributed by atoms with Crippen LogP contribution in [0, 0.1) is 5.82 Å². The Kier molecular flexibility index (Phi) is 4.04. The molecule has 1 aromatic rings. The second-order valence-corrected chi connectivity index (χ2v) is 7.43. The van der Waals surface area contributed by atoms with Crippen LogP contribution in [0.5, 0.6) is 0 Å². The molecule has 0 bridgehead atoms. The van der Waals surface area contributed by atoms with Crippen LogP contribution in [0.1, 0.15) is 12.8 Å². The summed E-state index contributed by atoms with van der Waals surface area (Å²) < 4.78 is 35.6. The van der Waals surface area contributed by atoms with Crippen LogP contribution in [0.4, 0.5) is 10.1 Å². The second kappa shape index (κ2) is 5.23. The van der Waals surface area contributed by atoms with Gasteiger partial charge in [0.2, 0.25) is 0 Å². The van der Waals surface area contributed by atoms with Gasteiger partial charge in [0.25, 0.3) is 0 Å². The van der Waals surface area contributed by atoms with Crippen molar-refractivity contribution in [2.45, 2.75) is 18.9 Å². The number of rotatable bonds is 2. The summed E-state index contributed by atoms with van der Waals surface area (Å²) in [5.74, 6) is -0.191. The van der Waals surface area contributed by atoms with Gasteiger partial charge in [-0.15, -0.1) is 0 Å². The Morgan fingerprint density at radius 1 is 1.17 bits per heavy atom. The minimum atomic E-state index is -2.90. The highest BCUT2D eigenvalue weighted by Gasteiger charge is 2.24. The monoisotopic (exact) mass is 311 g/mol. The van der Waals surface area contributed by atoms with E-state index in [9.17, 15) is 12.8 Å². The van der Waals surface area contributed by atoms with Gasteiger partial charge in [0.1, 0.15) is 15.7 Å². The van der Waals surface area contributed by atoms with Gasteiger partial charge in [0.15, 0.2) is 0 Å². The summed E-state index contributed by atoms with van der Waals surface area (Å²) in [7, 11) is -2.90. The largest absolute Gasteiger partial charge is 0.380 e. The first kappa shape index (κ1) is 13.9. The first-order valence-corrected chi connectivity index (χ1v) is 8.06. The van der Waals surface area contributed by atoms with Crippen LogP contribution in [-0.2, 0) is 9.84 Å². The van der Waals surface area contributed by atoms with E-state index in [1.807, 2.05) is 0 Å². The molecule has 100 valence electrons. The lowest BCUT2D eigenvalue weighted by Gasteiger charge is -2.25. The van der Waals surface area contributed by atoms with Crippen molar-refractivity contribution in [2.24, 2.45) is 0 Å². The molecule has 0 aliphatic carbocycles. The zero-order valence-electron chi connectivity index (χ0n) is 9.42. The molecule has 2 rings (SSSR count). The van der Waals surface area contributed by atoms with Crippen LogP contribution >= 0.6 is 23.2 Å². The quantitative estimate of drug-likeness (QED) is 0.912. The molecule has 0 atom stereocenters. The van der Waals surface area contributed by atoms with Gasteiger partial charge in [-0.2, -0.15) is 0 Å². The third-order valence-electron chi connectivity index (χ3n) is 2.91. The van der Waals surface area contributed by atoms with E-state index < -0.39 is 15.7 Å². The summed E-state index contributed by atoms with van der Waals surface area (Å²) in [6.45, 7) is 0. The zero-order valence-corrected chi connectivity index (χ0v) is 11.7. The van der Waals surface area contributed by atoms with Crippen LogP contribution in [0.15, 0.2) is 12.1 Å². The topological polar surface area (TPSA) is 46.2 Å². The first-order chi connectivity index (χ1) is 8.37. The second-order valence-electron chi connectivity index (χ2n) is 4.31. The SMILES string of the molecule is O=S1(=O)CCC(Nc2c(Cl)cc(F)cc2Cl)CC1. The highest BCUT2D eigenvalue weighted by atomic mass is 35.5. The number of hydrogen-bond donors (Lipinski definition) is 1. The van der Waals surface area contributed by atoms with Gasteiger partial charge < -0.3 is 5.32 Å². The molecule has 0 saturated carbocycles. The fraction of sp³-hybridized carbons (Fsp3) is 0.455. The van der Waals surface area contributed by atoms with Crippen molar-refractivity contribution in [1.82, 2.24) is 0 Å². The number of nitrogens with one attached hydrogen (secondary N) is 1. The van der Waals surface area contributed by atoms with E-state index >= 15 is 0 Å². The molecule has 0 radical (unpaired) electrons. The summed E-state index contributed by atoms with van der Waals surface area (Å²) in [5, 5.41) is 3.49. The molecule has 0 aromatic heterocycles. The molecule has 1 saturated heterocycles. The Labute approximate surface area is 115 Å². The van der Waals surface area contributed by atoms with E-state index in [0.29, 0.717) is 18.5 Å². The molecular weight excluding hydrogens is 300 g/mol. The maximum Gasteiger partial charge on any atom is 0.150 e. The average Bonchev–Trinajstić information content (AvgIpc) is 2.25. The Hall–Kier alpha value is -0.520. The first-order valence-electron chi connectivity index (χ1n) is 5.49. The van der Waals surface area contributed by atoms with Gasteiger partial charge in [-0.3, -0.25) is 0 Å². The summed E-state index contributed by atoms with van der Waals surface area (Å²) >= 11 is 11.8. The van der Waals surface area contributed by atoms with Crippen molar-refractivity contribution in [1.29, 1.82) is 0 Å². The standard InChI is InChI=1S/C11H12Cl2FNO2S/c12-9-5-7(14)6-10(13)11(9)15-8-1-3-18(16,17)4-2-8/h5-6,8,15H,1-4H2. The van der Waals surface area contributed by atoms with Crippen molar-refractivity contribution in [2.75, 3.05) is 16.8 Å². The number of anilines is 1. The van der Waals surface area contributed by atoms with Crippen LogP contribution < -0.4 is 5.32 Å². The van der Waals surface area contributed by atoms with Gasteiger partial charge in [0, 0.05) is 6.04 Å². The summed E-state index contributed by atoms with van der Waals surface area (Å²) in [6.07, 6.45) is 1.01. The van der Waals surface area contributed by atoms with Crippen molar-refractivity contribution in [3.63, 3.8) is 0 Å². The fourth-order valence-electron chi connectivity index (χ4n) is 1.92.